The summed E-state index contributed by atoms with van der Waals surface area (Å²) in [5.74, 6) is -0.0319. The lowest BCUT2D eigenvalue weighted by Gasteiger charge is -2.27. The number of benzene rings is 7. The number of halogens is 1. The van der Waals surface area contributed by atoms with Crippen molar-refractivity contribution in [2.24, 2.45) is 0 Å². The van der Waals surface area contributed by atoms with Crippen molar-refractivity contribution in [3.63, 3.8) is 0 Å². The molecule has 6 heteroatoms. The predicted octanol–water partition coefficient (Wildman–Crippen LogP) is 21.1. The molecule has 7 aromatic carbocycles. The Bertz CT molecular complexity index is 4090. The van der Waals surface area contributed by atoms with Crippen molar-refractivity contribution in [3.05, 3.63) is 184 Å². The van der Waals surface area contributed by atoms with Gasteiger partial charge >= 0.3 is 0 Å². The monoisotopic (exact) mass is 1090 g/mol. The normalized spacial score (nSPS) is 13.3. The average molecular weight is 1090 g/mol. The number of phenolic OH excluding ortho intramolecular Hbond substituents is 1. The number of phenols is 1. The molecule has 82 heavy (non-hydrogen) atoms. The predicted molar refractivity (Wildman–Crippen MR) is 347 cm³/mol. The van der Waals surface area contributed by atoms with Gasteiger partial charge in [-0.1, -0.05) is 182 Å². The van der Waals surface area contributed by atoms with Crippen molar-refractivity contribution in [2.75, 3.05) is 0 Å². The highest BCUT2D eigenvalue weighted by Crippen LogP contribution is 2.46. The fraction of sp³-hybridized carbons (Fsp3) is 0.368. The summed E-state index contributed by atoms with van der Waals surface area (Å²) in [6.45, 7) is 47.9. The van der Waals surface area contributed by atoms with E-state index in [2.05, 4.69) is 270 Å². The molecule has 10 rings (SSSR count). The fourth-order valence-corrected chi connectivity index (χ4v) is 11.3. The van der Waals surface area contributed by atoms with Crippen LogP contribution in [0, 0.1) is 5.82 Å². The molecule has 0 saturated heterocycles. The molecule has 0 saturated carbocycles. The summed E-state index contributed by atoms with van der Waals surface area (Å²) in [6.07, 6.45) is 1.98. The van der Waals surface area contributed by atoms with Gasteiger partial charge in [-0.25, -0.2) is 9.37 Å². The maximum Gasteiger partial charge on any atom is 0.149 e. The lowest BCUT2D eigenvalue weighted by Crippen LogP contribution is -2.17. The van der Waals surface area contributed by atoms with Gasteiger partial charge < -0.3 is 9.67 Å². The van der Waals surface area contributed by atoms with Gasteiger partial charge in [0.1, 0.15) is 17.4 Å². The summed E-state index contributed by atoms with van der Waals surface area (Å²) >= 11 is 0. The summed E-state index contributed by atoms with van der Waals surface area (Å²) in [7, 11) is 0. The zero-order valence-corrected chi connectivity index (χ0v) is 52.9. The number of fused-ring (bicyclic) bond motifs is 4. The second-order valence-electron chi connectivity index (χ2n) is 30.6. The Hall–Kier alpha value is -7.31. The molecule has 5 nitrogen and oxygen atoms in total. The topological polar surface area (TPSA) is 55.9 Å². The number of hydrogen-bond acceptors (Lipinski definition) is 3. The molecule has 3 aromatic heterocycles. The minimum Gasteiger partial charge on any atom is -0.507 e. The summed E-state index contributed by atoms with van der Waals surface area (Å²) in [4.78, 5) is 10.7. The summed E-state index contributed by atoms with van der Waals surface area (Å²) in [5.41, 5.74) is 20.1. The van der Waals surface area contributed by atoms with E-state index in [1.54, 1.807) is 0 Å². The number of hydrogen-bond donors (Lipinski definition) is 1. The summed E-state index contributed by atoms with van der Waals surface area (Å²) in [5, 5.41) is 14.0. The third-order valence-corrected chi connectivity index (χ3v) is 16.8. The van der Waals surface area contributed by atoms with E-state index in [-0.39, 0.29) is 43.7 Å². The third kappa shape index (κ3) is 11.0. The zero-order chi connectivity index (χ0) is 59.8. The van der Waals surface area contributed by atoms with E-state index in [1.807, 2.05) is 6.20 Å². The van der Waals surface area contributed by atoms with Crippen molar-refractivity contribution in [2.45, 2.75) is 183 Å². The number of rotatable bonds is 6. The minimum atomic E-state index is -0.450. The number of imidazole rings is 1. The maximum atomic E-state index is 15.4. The van der Waals surface area contributed by atoms with Crippen LogP contribution >= 0.6 is 0 Å². The molecular formula is C76H87FN4O. The minimum absolute atomic E-state index is 0.0427. The molecule has 0 bridgehead atoms. The van der Waals surface area contributed by atoms with Gasteiger partial charge in [0.25, 0.3) is 0 Å². The van der Waals surface area contributed by atoms with Crippen molar-refractivity contribution in [3.8, 4) is 62.0 Å². The average Bonchev–Trinajstić information content (AvgIpc) is 2.35. The van der Waals surface area contributed by atoms with E-state index in [0.29, 0.717) is 11.4 Å². The fourth-order valence-electron chi connectivity index (χ4n) is 11.3. The number of nitrogens with zero attached hydrogens (tertiary/aromatic N) is 4. The molecule has 0 aliphatic carbocycles. The smallest absolute Gasteiger partial charge is 0.149 e. The van der Waals surface area contributed by atoms with Gasteiger partial charge in [0, 0.05) is 45.0 Å². The maximum absolute atomic E-state index is 15.4. The largest absolute Gasteiger partial charge is 0.507 e. The molecule has 0 amide bonds. The van der Waals surface area contributed by atoms with E-state index in [4.69, 9.17) is 9.97 Å². The Kier molecular flexibility index (Phi) is 13.9. The summed E-state index contributed by atoms with van der Waals surface area (Å²) in [6, 6.07) is 47.7. The lowest BCUT2D eigenvalue weighted by atomic mass is 9.80. The van der Waals surface area contributed by atoms with Gasteiger partial charge in [0.15, 0.2) is 0 Å². The molecule has 0 aliphatic heterocycles. The van der Waals surface area contributed by atoms with Gasteiger partial charge in [0.05, 0.1) is 33.3 Å². The van der Waals surface area contributed by atoms with Gasteiger partial charge in [-0.05, 0) is 185 Å². The Labute approximate surface area is 488 Å². The number of aromatic hydroxyl groups is 1. The molecular weight excluding hydrogens is 1000 g/mol. The Balaban J connectivity index is 1.25. The van der Waals surface area contributed by atoms with Crippen LogP contribution in [0.25, 0.3) is 89.1 Å². The molecule has 0 unspecified atom stereocenters. The Morgan fingerprint density at radius 1 is 0.378 bits per heavy atom. The first-order valence-electron chi connectivity index (χ1n) is 29.5. The van der Waals surface area contributed by atoms with Gasteiger partial charge in [-0.3, -0.25) is 9.55 Å². The van der Waals surface area contributed by atoms with E-state index in [9.17, 15) is 5.11 Å². The van der Waals surface area contributed by atoms with Crippen LogP contribution in [0.5, 0.6) is 5.75 Å². The van der Waals surface area contributed by atoms with Crippen LogP contribution in [0.3, 0.4) is 0 Å². The first-order chi connectivity index (χ1) is 37.9. The van der Waals surface area contributed by atoms with Gasteiger partial charge in [-0.15, -0.1) is 0 Å². The molecule has 0 aliphatic rings. The molecule has 1 N–H and O–H groups in total. The second kappa shape index (κ2) is 19.7. The molecule has 424 valence electrons. The second-order valence-corrected chi connectivity index (χ2v) is 30.6. The van der Waals surface area contributed by atoms with Gasteiger partial charge in [0.2, 0.25) is 0 Å². The molecule has 0 radical (unpaired) electrons. The van der Waals surface area contributed by atoms with Crippen molar-refractivity contribution in [1.82, 2.24) is 19.1 Å². The third-order valence-electron chi connectivity index (χ3n) is 16.8. The number of para-hydroxylation sites is 1. The van der Waals surface area contributed by atoms with Crippen molar-refractivity contribution < 1.29 is 9.50 Å². The van der Waals surface area contributed by atoms with Gasteiger partial charge in [-0.2, -0.15) is 0 Å². The molecule has 0 spiro atoms. The molecule has 3 heterocycles. The highest BCUT2D eigenvalue weighted by Gasteiger charge is 2.30. The number of pyridine rings is 1. The van der Waals surface area contributed by atoms with Crippen LogP contribution in [0.1, 0.15) is 184 Å². The number of aromatic nitrogens is 4. The van der Waals surface area contributed by atoms with Crippen LogP contribution in [0.2, 0.25) is 0 Å². The quantitative estimate of drug-likeness (QED) is 0.181. The standard InChI is InChI=1S/C76H87FN4O/c1-70(2,3)48-25-27-64-60(41-48)61-43-54(76(19,20)21)42-59(68(61)80(64)56-37-50(72(7,8)9)35-51(38-56)73(10,11)12)45-29-30-78-63(34-45)47-31-46(32-49(33-47)71(4,5)6)58-23-22-24-65-67(58)79-69(62-44-55(77)26-28-66(62)82)81(65)57-39-52(74(13,14)15)36-53(40-57)75(16,17)18/h22-44,82H,1-21H3. The van der Waals surface area contributed by atoms with E-state index in [0.717, 1.165) is 61.5 Å². The van der Waals surface area contributed by atoms with Crippen LogP contribution in [0.4, 0.5) is 4.39 Å². The van der Waals surface area contributed by atoms with E-state index in [1.165, 1.54) is 73.4 Å². The van der Waals surface area contributed by atoms with Crippen molar-refractivity contribution in [1.29, 1.82) is 0 Å². The SMILES string of the molecule is CC(C)(C)c1cc(-c2cc(-c3cc(C(C)(C)C)cc4c5cc(C(C)(C)C)ccc5n(-c5cc(C(C)(C)C)cc(C(C)(C)C)c5)c34)ccn2)cc(-c2cccc3c2nc(-c2cc(F)ccc2O)n3-c2cc(C(C)(C)C)cc(C(C)(C)C)c2)c1. The van der Waals surface area contributed by atoms with Crippen LogP contribution in [-0.2, 0) is 37.9 Å². The Morgan fingerprint density at radius 3 is 1.43 bits per heavy atom. The van der Waals surface area contributed by atoms with Crippen molar-refractivity contribution >= 4 is 32.8 Å². The van der Waals surface area contributed by atoms with Crippen LogP contribution in [-0.4, -0.2) is 24.2 Å². The van der Waals surface area contributed by atoms with E-state index < -0.39 is 5.82 Å². The lowest BCUT2D eigenvalue weighted by molar-refractivity contribution is 0.474. The first kappa shape index (κ1) is 57.9. The first-order valence-corrected chi connectivity index (χ1v) is 29.5. The molecule has 0 atom stereocenters. The molecule has 0 fully saturated rings. The highest BCUT2D eigenvalue weighted by molar-refractivity contribution is 6.14. The Morgan fingerprint density at radius 2 is 0.878 bits per heavy atom. The highest BCUT2D eigenvalue weighted by atomic mass is 19.1. The van der Waals surface area contributed by atoms with Crippen LogP contribution in [0.15, 0.2) is 140 Å². The van der Waals surface area contributed by atoms with E-state index >= 15 is 4.39 Å². The zero-order valence-electron chi connectivity index (χ0n) is 52.9. The molecule has 10 aromatic rings. The summed E-state index contributed by atoms with van der Waals surface area (Å²) < 4.78 is 20.1. The van der Waals surface area contributed by atoms with Crippen LogP contribution < -0.4 is 0 Å².